The average Bonchev–Trinajstić information content (AvgIpc) is 2.82. The number of hydrogen-bond donors (Lipinski definition) is 0. The first-order chi connectivity index (χ1) is 8.35. The third kappa shape index (κ3) is 2.97. The van der Waals surface area contributed by atoms with E-state index in [-0.39, 0.29) is 0 Å². The number of nitrogens with zero attached hydrogens (tertiary/aromatic N) is 1. The Bertz CT molecular complexity index is 478. The molecule has 2 nitrogen and oxygen atoms in total. The molecule has 0 aliphatic rings. The number of aromatic nitrogens is 1. The lowest BCUT2D eigenvalue weighted by molar-refractivity contribution is 0.473. The van der Waals surface area contributed by atoms with Gasteiger partial charge in [0, 0.05) is 6.07 Å². The van der Waals surface area contributed by atoms with Gasteiger partial charge in [0.25, 0.3) is 0 Å². The van der Waals surface area contributed by atoms with E-state index in [1.165, 1.54) is 35.9 Å². The molecule has 0 saturated carbocycles. The van der Waals surface area contributed by atoms with Gasteiger partial charge in [0.2, 0.25) is 0 Å². The Kier molecular flexibility index (Phi) is 4.37. The average molecular weight is 248 g/mol. The first-order valence-corrected chi connectivity index (χ1v) is 7.01. The predicted octanol–water partition coefficient (Wildman–Crippen LogP) is 4.59. The van der Waals surface area contributed by atoms with Gasteiger partial charge in [-0.3, -0.25) is 0 Å². The van der Waals surface area contributed by atoms with E-state index in [0.717, 1.165) is 17.7 Å². The molecule has 0 aliphatic heterocycles. The number of benzene rings is 1. The van der Waals surface area contributed by atoms with E-state index in [0.29, 0.717) is 0 Å². The standard InChI is InChI=1S/C14H18NOS/c1-3-4-5-6-7-11-8-12(16-2)9-13-14(11)17-10-15-13/h8-10H,2-7H2,1H3. The van der Waals surface area contributed by atoms with E-state index in [1.54, 1.807) is 11.3 Å². The van der Waals surface area contributed by atoms with Gasteiger partial charge in [-0.25, -0.2) is 4.98 Å². The van der Waals surface area contributed by atoms with E-state index in [4.69, 9.17) is 4.74 Å². The number of rotatable bonds is 6. The Morgan fingerprint density at radius 1 is 1.29 bits per heavy atom. The van der Waals surface area contributed by atoms with Crippen molar-refractivity contribution in [3.8, 4) is 5.75 Å². The van der Waals surface area contributed by atoms with Crippen LogP contribution in [0.15, 0.2) is 17.6 Å². The van der Waals surface area contributed by atoms with Crippen LogP contribution in [0.25, 0.3) is 10.2 Å². The lowest BCUT2D eigenvalue weighted by atomic mass is 10.1. The topological polar surface area (TPSA) is 22.1 Å². The van der Waals surface area contributed by atoms with Crippen LogP contribution in [0.5, 0.6) is 5.75 Å². The lowest BCUT2D eigenvalue weighted by Gasteiger charge is -2.06. The summed E-state index contributed by atoms with van der Waals surface area (Å²) in [5.41, 5.74) is 4.27. The predicted molar refractivity (Wildman–Crippen MR) is 73.5 cm³/mol. The van der Waals surface area contributed by atoms with Gasteiger partial charge < -0.3 is 4.74 Å². The fourth-order valence-electron chi connectivity index (χ4n) is 2.02. The molecule has 0 amide bonds. The minimum atomic E-state index is 0.814. The minimum absolute atomic E-state index is 0.814. The second-order valence-corrected chi connectivity index (χ2v) is 5.09. The highest BCUT2D eigenvalue weighted by Gasteiger charge is 2.06. The van der Waals surface area contributed by atoms with Crippen LogP contribution in [-0.2, 0) is 6.42 Å². The molecule has 0 N–H and O–H groups in total. The van der Waals surface area contributed by atoms with E-state index in [9.17, 15) is 0 Å². The molecule has 0 saturated heterocycles. The summed E-state index contributed by atoms with van der Waals surface area (Å²) in [5, 5.41) is 0. The Labute approximate surface area is 107 Å². The second kappa shape index (κ2) is 6.01. The Hall–Kier alpha value is -1.09. The molecule has 2 rings (SSSR count). The Balaban J connectivity index is 2.16. The van der Waals surface area contributed by atoms with Crippen LogP contribution in [-0.4, -0.2) is 4.98 Å². The maximum absolute atomic E-state index is 5.07. The zero-order valence-corrected chi connectivity index (χ0v) is 11.1. The zero-order chi connectivity index (χ0) is 12.1. The molecule has 0 atom stereocenters. The first-order valence-electron chi connectivity index (χ1n) is 6.13. The second-order valence-electron chi connectivity index (χ2n) is 4.24. The van der Waals surface area contributed by atoms with Crippen LogP contribution in [0.1, 0.15) is 38.2 Å². The Morgan fingerprint density at radius 3 is 2.94 bits per heavy atom. The number of thiazole rings is 1. The minimum Gasteiger partial charge on any atom is -0.490 e. The quantitative estimate of drug-likeness (QED) is 0.697. The van der Waals surface area contributed by atoms with Crippen LogP contribution in [0.2, 0.25) is 0 Å². The zero-order valence-electron chi connectivity index (χ0n) is 10.2. The summed E-state index contributed by atoms with van der Waals surface area (Å²) in [6.07, 6.45) is 6.24. The van der Waals surface area contributed by atoms with Crippen LogP contribution in [0.4, 0.5) is 0 Å². The van der Waals surface area contributed by atoms with Crippen molar-refractivity contribution in [2.75, 3.05) is 0 Å². The summed E-state index contributed by atoms with van der Waals surface area (Å²) < 4.78 is 6.37. The lowest BCUT2D eigenvalue weighted by Crippen LogP contribution is -1.89. The van der Waals surface area contributed by atoms with Crippen molar-refractivity contribution in [1.29, 1.82) is 0 Å². The van der Waals surface area contributed by atoms with Crippen LogP contribution < -0.4 is 4.74 Å². The van der Waals surface area contributed by atoms with Gasteiger partial charge in [0.15, 0.2) is 0 Å². The van der Waals surface area contributed by atoms with Gasteiger partial charge >= 0.3 is 0 Å². The number of aryl methyl sites for hydroxylation is 1. The summed E-state index contributed by atoms with van der Waals surface area (Å²) in [5.74, 6) is 0.814. The molecule has 0 aliphatic carbocycles. The van der Waals surface area contributed by atoms with Gasteiger partial charge in [0.05, 0.1) is 15.7 Å². The summed E-state index contributed by atoms with van der Waals surface area (Å²) in [6, 6.07) is 4.05. The molecule has 1 radical (unpaired) electrons. The van der Waals surface area contributed by atoms with E-state index in [2.05, 4.69) is 25.1 Å². The fraction of sp³-hybridized carbons (Fsp3) is 0.429. The molecule has 1 aromatic carbocycles. The summed E-state index contributed by atoms with van der Waals surface area (Å²) in [7, 11) is 3.47. The van der Waals surface area contributed by atoms with E-state index < -0.39 is 0 Å². The van der Waals surface area contributed by atoms with Gasteiger partial charge in [-0.15, -0.1) is 11.3 Å². The van der Waals surface area contributed by atoms with E-state index >= 15 is 0 Å². The molecule has 0 bridgehead atoms. The molecular formula is C14H18NOS. The smallest absolute Gasteiger partial charge is 0.122 e. The summed E-state index contributed by atoms with van der Waals surface area (Å²) in [6.45, 7) is 2.23. The van der Waals surface area contributed by atoms with Gasteiger partial charge in [-0.05, 0) is 24.5 Å². The van der Waals surface area contributed by atoms with Crippen molar-refractivity contribution in [3.63, 3.8) is 0 Å². The van der Waals surface area contributed by atoms with Crippen LogP contribution >= 0.6 is 11.3 Å². The van der Waals surface area contributed by atoms with Gasteiger partial charge in [-0.1, -0.05) is 26.2 Å². The summed E-state index contributed by atoms with van der Waals surface area (Å²) >= 11 is 1.71. The van der Waals surface area contributed by atoms with Gasteiger partial charge in [-0.2, -0.15) is 0 Å². The number of ether oxygens (including phenoxy) is 1. The monoisotopic (exact) mass is 248 g/mol. The highest BCUT2D eigenvalue weighted by Crippen LogP contribution is 2.29. The molecule has 1 heterocycles. The molecule has 3 heteroatoms. The number of fused-ring (bicyclic) bond motifs is 1. The highest BCUT2D eigenvalue weighted by atomic mass is 32.1. The van der Waals surface area contributed by atoms with Crippen molar-refractivity contribution >= 4 is 21.6 Å². The fourth-order valence-corrected chi connectivity index (χ4v) is 2.84. The first kappa shape index (κ1) is 12.4. The largest absolute Gasteiger partial charge is 0.490 e. The molecule has 0 fully saturated rings. The highest BCUT2D eigenvalue weighted by molar-refractivity contribution is 7.16. The van der Waals surface area contributed by atoms with Crippen molar-refractivity contribution in [2.24, 2.45) is 0 Å². The summed E-state index contributed by atoms with van der Waals surface area (Å²) in [4.78, 5) is 4.34. The molecular weight excluding hydrogens is 230 g/mol. The van der Waals surface area contributed by atoms with Crippen LogP contribution in [0, 0.1) is 7.11 Å². The third-order valence-electron chi connectivity index (χ3n) is 2.95. The van der Waals surface area contributed by atoms with Crippen LogP contribution in [0.3, 0.4) is 0 Å². The Morgan fingerprint density at radius 2 is 2.18 bits per heavy atom. The van der Waals surface area contributed by atoms with E-state index in [1.807, 2.05) is 11.6 Å². The molecule has 17 heavy (non-hydrogen) atoms. The number of unbranched alkanes of at least 4 members (excludes halogenated alkanes) is 3. The molecule has 91 valence electrons. The maximum atomic E-state index is 5.07. The van der Waals surface area contributed by atoms with Crippen molar-refractivity contribution in [1.82, 2.24) is 4.98 Å². The SMILES string of the molecule is [CH2]Oc1cc(CCCCCC)c2scnc2c1. The molecule has 0 unspecified atom stereocenters. The van der Waals surface area contributed by atoms with Crippen molar-refractivity contribution < 1.29 is 4.74 Å². The maximum Gasteiger partial charge on any atom is 0.122 e. The molecule has 0 spiro atoms. The third-order valence-corrected chi connectivity index (χ3v) is 3.87. The molecule has 1 aromatic heterocycles. The van der Waals surface area contributed by atoms with Crippen molar-refractivity contribution in [3.05, 3.63) is 30.3 Å². The van der Waals surface area contributed by atoms with Gasteiger partial charge in [0.1, 0.15) is 12.9 Å². The molecule has 2 aromatic rings. The van der Waals surface area contributed by atoms with Crippen molar-refractivity contribution in [2.45, 2.75) is 39.0 Å². The number of hydrogen-bond acceptors (Lipinski definition) is 3. The normalized spacial score (nSPS) is 10.9.